The van der Waals surface area contributed by atoms with Crippen molar-refractivity contribution in [2.24, 2.45) is 0 Å². The Labute approximate surface area is 181 Å². The number of carbonyl (C=O) groups excluding carboxylic acids is 1. The fourth-order valence-electron chi connectivity index (χ4n) is 2.94. The Balaban J connectivity index is 1.49. The molecule has 0 bridgehead atoms. The molecule has 1 atom stereocenters. The lowest BCUT2D eigenvalue weighted by Crippen LogP contribution is -2.27. The highest BCUT2D eigenvalue weighted by atomic mass is 32.2. The van der Waals surface area contributed by atoms with E-state index in [-0.39, 0.29) is 11.9 Å². The van der Waals surface area contributed by atoms with E-state index in [9.17, 15) is 4.79 Å². The zero-order chi connectivity index (χ0) is 20.1. The van der Waals surface area contributed by atoms with Crippen LogP contribution < -0.4 is 5.32 Å². The summed E-state index contributed by atoms with van der Waals surface area (Å²) in [4.78, 5) is 14.8. The summed E-state index contributed by atoms with van der Waals surface area (Å²) >= 11 is 4.76. The number of nitrogens with one attached hydrogen (secondary N) is 1. The van der Waals surface area contributed by atoms with E-state index in [0.29, 0.717) is 12.2 Å². The van der Waals surface area contributed by atoms with Gasteiger partial charge in [-0.25, -0.2) is 0 Å². The monoisotopic (exact) mass is 440 g/mol. The third-order valence-corrected chi connectivity index (χ3v) is 7.17. The number of aromatic nitrogens is 3. The lowest BCUT2D eigenvalue weighted by atomic mass is 10.3. The number of hydrogen-bond acceptors (Lipinski definition) is 6. The molecule has 1 N–H and O–H groups in total. The van der Waals surface area contributed by atoms with Crippen molar-refractivity contribution in [2.45, 2.75) is 24.5 Å². The van der Waals surface area contributed by atoms with Crippen LogP contribution in [0.25, 0.3) is 5.69 Å². The van der Waals surface area contributed by atoms with Crippen molar-refractivity contribution in [3.05, 3.63) is 80.9 Å². The summed E-state index contributed by atoms with van der Waals surface area (Å²) in [6, 6.07) is 18.2. The highest BCUT2D eigenvalue weighted by molar-refractivity contribution is 7.99. The zero-order valence-corrected chi connectivity index (χ0v) is 18.3. The Kier molecular flexibility index (Phi) is 6.43. The maximum absolute atomic E-state index is 12.4. The van der Waals surface area contributed by atoms with Gasteiger partial charge in [0.05, 0.1) is 11.8 Å². The summed E-state index contributed by atoms with van der Waals surface area (Å²) in [5.41, 5.74) is 0.999. The standard InChI is InChI=1S/C21H20N4OS3/c1-15(18-10-6-12-28-18)22-20(26)14-29-21-24-23-19(13-17-9-5-11-27-17)25(21)16-7-3-2-4-8-16/h2-12,15H,13-14H2,1H3,(H,22,26)/t15-/m1/s1. The normalized spacial score (nSPS) is 12.0. The molecule has 0 saturated carbocycles. The predicted molar refractivity (Wildman–Crippen MR) is 120 cm³/mol. The minimum absolute atomic E-state index is 0.00415. The quantitative estimate of drug-likeness (QED) is 0.394. The van der Waals surface area contributed by atoms with Crippen LogP contribution in [0.5, 0.6) is 0 Å². The number of benzene rings is 1. The molecule has 0 saturated heterocycles. The van der Waals surface area contributed by atoms with Gasteiger partial charge in [0.1, 0.15) is 5.82 Å². The topological polar surface area (TPSA) is 59.8 Å². The molecule has 0 aliphatic heterocycles. The van der Waals surface area contributed by atoms with Crippen LogP contribution >= 0.6 is 34.4 Å². The van der Waals surface area contributed by atoms with Gasteiger partial charge in [0.15, 0.2) is 5.16 Å². The highest BCUT2D eigenvalue weighted by Gasteiger charge is 2.17. The zero-order valence-electron chi connectivity index (χ0n) is 15.8. The molecule has 0 spiro atoms. The number of thiophene rings is 2. The summed E-state index contributed by atoms with van der Waals surface area (Å²) in [5.74, 6) is 1.14. The number of nitrogens with zero attached hydrogens (tertiary/aromatic N) is 3. The minimum Gasteiger partial charge on any atom is -0.348 e. The molecule has 4 aromatic rings. The van der Waals surface area contributed by atoms with E-state index in [0.717, 1.165) is 21.5 Å². The number of carbonyl (C=O) groups is 1. The van der Waals surface area contributed by atoms with Crippen molar-refractivity contribution in [1.29, 1.82) is 0 Å². The lowest BCUT2D eigenvalue weighted by Gasteiger charge is -2.12. The molecule has 3 heterocycles. The Morgan fingerprint density at radius 2 is 1.86 bits per heavy atom. The average Bonchev–Trinajstić information content (AvgIpc) is 3.50. The molecule has 5 nitrogen and oxygen atoms in total. The Hall–Kier alpha value is -2.42. The summed E-state index contributed by atoms with van der Waals surface area (Å²) < 4.78 is 2.04. The summed E-state index contributed by atoms with van der Waals surface area (Å²) in [6.45, 7) is 2.00. The fourth-order valence-corrected chi connectivity index (χ4v) is 5.15. The largest absolute Gasteiger partial charge is 0.348 e. The van der Waals surface area contributed by atoms with Crippen LogP contribution in [0.4, 0.5) is 0 Å². The summed E-state index contributed by atoms with van der Waals surface area (Å²) in [6.07, 6.45) is 0.710. The second-order valence-corrected chi connectivity index (χ2v) is 9.37. The van der Waals surface area contributed by atoms with Crippen LogP contribution in [0.15, 0.2) is 70.5 Å². The van der Waals surface area contributed by atoms with E-state index >= 15 is 0 Å². The van der Waals surface area contributed by atoms with E-state index in [1.54, 1.807) is 22.7 Å². The van der Waals surface area contributed by atoms with Crippen LogP contribution in [-0.4, -0.2) is 26.4 Å². The van der Waals surface area contributed by atoms with E-state index in [1.807, 2.05) is 65.4 Å². The van der Waals surface area contributed by atoms with Gasteiger partial charge in [-0.05, 0) is 41.9 Å². The Bertz CT molecular complexity index is 1040. The molecular formula is C21H20N4OS3. The molecule has 0 aliphatic carbocycles. The number of thioether (sulfide) groups is 1. The van der Waals surface area contributed by atoms with Crippen LogP contribution in [-0.2, 0) is 11.2 Å². The number of amides is 1. The third kappa shape index (κ3) is 4.95. The molecule has 1 aromatic carbocycles. The van der Waals surface area contributed by atoms with Crippen molar-refractivity contribution < 1.29 is 4.79 Å². The number of rotatable bonds is 8. The SMILES string of the molecule is C[C@@H](NC(=O)CSc1nnc(Cc2cccs2)n1-c1ccccc1)c1cccs1. The van der Waals surface area contributed by atoms with Crippen LogP contribution in [0.1, 0.15) is 28.5 Å². The molecule has 0 radical (unpaired) electrons. The molecule has 148 valence electrons. The minimum atomic E-state index is -0.0154. The van der Waals surface area contributed by atoms with Crippen LogP contribution in [0.3, 0.4) is 0 Å². The van der Waals surface area contributed by atoms with E-state index in [1.165, 1.54) is 16.6 Å². The second-order valence-electron chi connectivity index (χ2n) is 6.42. The number of para-hydroxylation sites is 1. The van der Waals surface area contributed by atoms with E-state index in [4.69, 9.17) is 0 Å². The van der Waals surface area contributed by atoms with Gasteiger partial charge in [-0.2, -0.15) is 0 Å². The molecule has 0 fully saturated rings. The summed E-state index contributed by atoms with van der Waals surface area (Å²) in [7, 11) is 0. The first-order valence-corrected chi connectivity index (χ1v) is 11.9. The Morgan fingerprint density at radius 3 is 2.59 bits per heavy atom. The van der Waals surface area contributed by atoms with Crippen molar-refractivity contribution >= 4 is 40.3 Å². The molecular weight excluding hydrogens is 420 g/mol. The van der Waals surface area contributed by atoms with Gasteiger partial charge in [0.25, 0.3) is 0 Å². The summed E-state index contributed by atoms with van der Waals surface area (Å²) in [5, 5.41) is 16.6. The predicted octanol–water partition coefficient (Wildman–Crippen LogP) is 4.95. The van der Waals surface area contributed by atoms with E-state index < -0.39 is 0 Å². The van der Waals surface area contributed by atoms with Gasteiger partial charge in [-0.15, -0.1) is 32.9 Å². The van der Waals surface area contributed by atoms with Gasteiger partial charge in [0, 0.05) is 21.9 Å². The molecule has 0 aliphatic rings. The molecule has 4 rings (SSSR count). The van der Waals surface area contributed by atoms with Crippen LogP contribution in [0, 0.1) is 0 Å². The highest BCUT2D eigenvalue weighted by Crippen LogP contribution is 2.25. The second kappa shape index (κ2) is 9.39. The van der Waals surface area contributed by atoms with Crippen molar-refractivity contribution in [3.63, 3.8) is 0 Å². The van der Waals surface area contributed by atoms with Gasteiger partial charge < -0.3 is 5.32 Å². The Morgan fingerprint density at radius 1 is 1.07 bits per heavy atom. The van der Waals surface area contributed by atoms with Crippen molar-refractivity contribution in [2.75, 3.05) is 5.75 Å². The van der Waals surface area contributed by atoms with Crippen LogP contribution in [0.2, 0.25) is 0 Å². The molecule has 3 aromatic heterocycles. The smallest absolute Gasteiger partial charge is 0.230 e. The molecule has 8 heteroatoms. The molecule has 0 unspecified atom stereocenters. The third-order valence-electron chi connectivity index (χ3n) is 4.31. The first kappa shape index (κ1) is 19.9. The first-order valence-electron chi connectivity index (χ1n) is 9.18. The van der Waals surface area contributed by atoms with Gasteiger partial charge >= 0.3 is 0 Å². The van der Waals surface area contributed by atoms with Gasteiger partial charge in [-0.1, -0.05) is 42.1 Å². The molecule has 29 heavy (non-hydrogen) atoms. The lowest BCUT2D eigenvalue weighted by molar-refractivity contribution is -0.119. The fraction of sp³-hybridized carbons (Fsp3) is 0.190. The van der Waals surface area contributed by atoms with Crippen molar-refractivity contribution in [3.8, 4) is 5.69 Å². The van der Waals surface area contributed by atoms with Gasteiger partial charge in [-0.3, -0.25) is 9.36 Å². The molecule has 1 amide bonds. The van der Waals surface area contributed by atoms with E-state index in [2.05, 4.69) is 27.0 Å². The number of hydrogen-bond donors (Lipinski definition) is 1. The first-order chi connectivity index (χ1) is 14.2. The maximum atomic E-state index is 12.4. The van der Waals surface area contributed by atoms with Gasteiger partial charge in [0.2, 0.25) is 5.91 Å². The average molecular weight is 441 g/mol. The van der Waals surface area contributed by atoms with Crippen molar-refractivity contribution in [1.82, 2.24) is 20.1 Å². The maximum Gasteiger partial charge on any atom is 0.230 e.